The number of sulfone groups is 1. The lowest BCUT2D eigenvalue weighted by molar-refractivity contribution is -0.0426. The molecular weight excluding hydrogens is 325 g/mol. The number of halogens is 3. The van der Waals surface area contributed by atoms with Gasteiger partial charge < -0.3 is 9.47 Å². The van der Waals surface area contributed by atoms with Crippen LogP contribution in [0.25, 0.3) is 0 Å². The van der Waals surface area contributed by atoms with Crippen molar-refractivity contribution in [3.8, 4) is 11.5 Å². The lowest BCUT2D eigenvalue weighted by atomic mass is 9.93. The van der Waals surface area contributed by atoms with Crippen LogP contribution in [0.3, 0.4) is 0 Å². The number of carbonyl (C=O) groups is 1. The molecule has 1 aliphatic rings. The fourth-order valence-electron chi connectivity index (χ4n) is 2.19. The van der Waals surface area contributed by atoms with E-state index in [9.17, 15) is 26.4 Å². The molecule has 0 unspecified atom stereocenters. The summed E-state index contributed by atoms with van der Waals surface area (Å²) in [6.07, 6.45) is 0.557. The monoisotopic (exact) mass is 336 g/mol. The van der Waals surface area contributed by atoms with E-state index in [4.69, 9.17) is 9.47 Å². The molecule has 1 aromatic carbocycles. The SMILES string of the molecule is COc1ccc(OC)c2c1CC=C(S(=O)(=O)C(F)(F)F)C2=O. The number of fused-ring (bicyclic) bond motifs is 1. The van der Waals surface area contributed by atoms with E-state index in [0.717, 1.165) is 6.08 Å². The smallest absolute Gasteiger partial charge is 0.496 e. The Labute approximate surface area is 124 Å². The first-order valence-corrected chi connectivity index (χ1v) is 7.43. The maximum absolute atomic E-state index is 12.7. The van der Waals surface area contributed by atoms with Crippen molar-refractivity contribution in [3.63, 3.8) is 0 Å². The summed E-state index contributed by atoms with van der Waals surface area (Å²) in [6.45, 7) is 0. The highest BCUT2D eigenvalue weighted by molar-refractivity contribution is 7.97. The zero-order valence-electron chi connectivity index (χ0n) is 11.5. The van der Waals surface area contributed by atoms with E-state index in [0.29, 0.717) is 0 Å². The third kappa shape index (κ3) is 2.35. The third-order valence-corrected chi connectivity index (χ3v) is 4.75. The molecule has 0 spiro atoms. The number of ether oxygens (including phenoxy) is 2. The molecule has 1 aromatic rings. The van der Waals surface area contributed by atoms with Crippen LogP contribution in [0.4, 0.5) is 13.2 Å². The molecule has 0 aliphatic heterocycles. The van der Waals surface area contributed by atoms with Gasteiger partial charge in [-0.25, -0.2) is 8.42 Å². The van der Waals surface area contributed by atoms with Gasteiger partial charge >= 0.3 is 5.51 Å². The number of hydrogen-bond donors (Lipinski definition) is 0. The fourth-order valence-corrected chi connectivity index (χ4v) is 3.09. The Kier molecular flexibility index (Phi) is 3.94. The molecule has 1 aliphatic carbocycles. The minimum Gasteiger partial charge on any atom is -0.496 e. The highest BCUT2D eigenvalue weighted by Crippen LogP contribution is 2.40. The maximum Gasteiger partial charge on any atom is 0.502 e. The molecule has 0 saturated carbocycles. The first-order valence-electron chi connectivity index (χ1n) is 5.95. The third-order valence-electron chi connectivity index (χ3n) is 3.21. The van der Waals surface area contributed by atoms with Gasteiger partial charge in [0.2, 0.25) is 5.78 Å². The Morgan fingerprint density at radius 2 is 1.64 bits per heavy atom. The van der Waals surface area contributed by atoms with Gasteiger partial charge in [-0.3, -0.25) is 4.79 Å². The lowest BCUT2D eigenvalue weighted by Gasteiger charge is -2.21. The Morgan fingerprint density at radius 1 is 1.09 bits per heavy atom. The maximum atomic E-state index is 12.7. The first-order chi connectivity index (χ1) is 10.1. The normalized spacial score (nSPS) is 15.1. The van der Waals surface area contributed by atoms with Gasteiger partial charge in [-0.1, -0.05) is 6.08 Å². The van der Waals surface area contributed by atoms with E-state index < -0.39 is 26.0 Å². The van der Waals surface area contributed by atoms with Crippen molar-refractivity contribution < 1.29 is 35.9 Å². The Hall–Kier alpha value is -2.03. The number of rotatable bonds is 3. The van der Waals surface area contributed by atoms with E-state index in [1.165, 1.54) is 26.4 Å². The van der Waals surface area contributed by atoms with Crippen molar-refractivity contribution >= 4 is 15.6 Å². The topological polar surface area (TPSA) is 69.7 Å². The van der Waals surface area contributed by atoms with E-state index in [2.05, 4.69) is 0 Å². The summed E-state index contributed by atoms with van der Waals surface area (Å²) in [5.74, 6) is -0.998. The summed E-state index contributed by atoms with van der Waals surface area (Å²) in [7, 11) is -3.16. The van der Waals surface area contributed by atoms with Crippen molar-refractivity contribution in [1.29, 1.82) is 0 Å². The number of benzene rings is 1. The van der Waals surface area contributed by atoms with E-state index >= 15 is 0 Å². The largest absolute Gasteiger partial charge is 0.502 e. The van der Waals surface area contributed by atoms with Gasteiger partial charge in [-0.05, 0) is 18.6 Å². The molecule has 0 radical (unpaired) electrons. The second-order valence-corrected chi connectivity index (χ2v) is 6.28. The zero-order chi connectivity index (χ0) is 16.7. The van der Waals surface area contributed by atoms with Crippen LogP contribution >= 0.6 is 0 Å². The number of Topliss-reactive ketones (excluding diaryl/α,β-unsaturated/α-hetero) is 1. The van der Waals surface area contributed by atoms with Crippen LogP contribution in [-0.2, 0) is 16.3 Å². The lowest BCUT2D eigenvalue weighted by Crippen LogP contribution is -2.30. The molecule has 0 atom stereocenters. The molecular formula is C13H11F3O5S. The second-order valence-electron chi connectivity index (χ2n) is 4.37. The minimum atomic E-state index is -5.72. The molecule has 0 amide bonds. The molecule has 0 fully saturated rings. The summed E-state index contributed by atoms with van der Waals surface area (Å²) in [6, 6.07) is 2.82. The van der Waals surface area contributed by atoms with Crippen molar-refractivity contribution in [2.45, 2.75) is 11.9 Å². The van der Waals surface area contributed by atoms with Crippen LogP contribution in [0, 0.1) is 0 Å². The Morgan fingerprint density at radius 3 is 2.14 bits per heavy atom. The molecule has 5 nitrogen and oxygen atoms in total. The van der Waals surface area contributed by atoms with Crippen LogP contribution in [0.15, 0.2) is 23.1 Å². The van der Waals surface area contributed by atoms with Gasteiger partial charge in [-0.15, -0.1) is 0 Å². The molecule has 0 N–H and O–H groups in total. The van der Waals surface area contributed by atoms with Gasteiger partial charge in [0.05, 0.1) is 19.8 Å². The van der Waals surface area contributed by atoms with Gasteiger partial charge in [0.15, 0.2) is 0 Å². The summed E-state index contributed by atoms with van der Waals surface area (Å²) in [5.41, 5.74) is -5.49. The predicted octanol–water partition coefficient (Wildman–Crippen LogP) is 2.26. The molecule has 120 valence electrons. The van der Waals surface area contributed by atoms with Crippen molar-refractivity contribution in [2.24, 2.45) is 0 Å². The van der Waals surface area contributed by atoms with Crippen LogP contribution in [0.5, 0.6) is 11.5 Å². The van der Waals surface area contributed by atoms with Gasteiger partial charge in [0.25, 0.3) is 9.84 Å². The number of methoxy groups -OCH3 is 2. The molecule has 0 heterocycles. The first kappa shape index (κ1) is 16.3. The van der Waals surface area contributed by atoms with Gasteiger partial charge in [0, 0.05) is 5.56 Å². The van der Waals surface area contributed by atoms with E-state index in [-0.39, 0.29) is 29.0 Å². The fraction of sp³-hybridized carbons (Fsp3) is 0.308. The number of alkyl halides is 3. The van der Waals surface area contributed by atoms with Gasteiger partial charge in [-0.2, -0.15) is 13.2 Å². The molecule has 0 aromatic heterocycles. The zero-order valence-corrected chi connectivity index (χ0v) is 12.3. The van der Waals surface area contributed by atoms with Crippen molar-refractivity contribution in [2.75, 3.05) is 14.2 Å². The number of hydrogen-bond acceptors (Lipinski definition) is 5. The summed E-state index contributed by atoms with van der Waals surface area (Å²) < 4.78 is 71.0. The van der Waals surface area contributed by atoms with Gasteiger partial charge in [0.1, 0.15) is 16.4 Å². The van der Waals surface area contributed by atoms with Crippen LogP contribution < -0.4 is 9.47 Å². The molecule has 2 rings (SSSR count). The molecule has 22 heavy (non-hydrogen) atoms. The Balaban J connectivity index is 2.66. The van der Waals surface area contributed by atoms with Crippen LogP contribution in [-0.4, -0.2) is 33.9 Å². The quantitative estimate of drug-likeness (QED) is 0.847. The Bertz CT molecular complexity index is 763. The number of allylic oxidation sites excluding steroid dienone is 2. The molecule has 9 heteroatoms. The standard InChI is InChI=1S/C13H11F3O5S/c1-20-8-4-5-9(21-2)11-7(8)3-6-10(12(11)17)22(18,19)13(14,15)16/h4-6H,3H2,1-2H3. The van der Waals surface area contributed by atoms with Crippen LogP contribution in [0.2, 0.25) is 0 Å². The summed E-state index contributed by atoms with van der Waals surface area (Å²) in [5, 5.41) is 0. The molecule has 0 saturated heterocycles. The summed E-state index contributed by atoms with van der Waals surface area (Å²) >= 11 is 0. The average Bonchev–Trinajstić information content (AvgIpc) is 2.44. The number of carbonyl (C=O) groups excluding carboxylic acids is 1. The van der Waals surface area contributed by atoms with E-state index in [1.54, 1.807) is 0 Å². The highest BCUT2D eigenvalue weighted by Gasteiger charge is 2.51. The minimum absolute atomic E-state index is 0.0104. The molecule has 0 bridgehead atoms. The predicted molar refractivity (Wildman–Crippen MR) is 70.6 cm³/mol. The average molecular weight is 336 g/mol. The van der Waals surface area contributed by atoms with Crippen LogP contribution in [0.1, 0.15) is 15.9 Å². The van der Waals surface area contributed by atoms with Crippen molar-refractivity contribution in [1.82, 2.24) is 0 Å². The number of ketones is 1. The van der Waals surface area contributed by atoms with Crippen molar-refractivity contribution in [3.05, 3.63) is 34.2 Å². The highest BCUT2D eigenvalue weighted by atomic mass is 32.2. The van der Waals surface area contributed by atoms with E-state index in [1.807, 2.05) is 0 Å². The summed E-state index contributed by atoms with van der Waals surface area (Å²) in [4.78, 5) is 11.0. The second kappa shape index (κ2) is 5.31.